The Morgan fingerprint density at radius 1 is 1.09 bits per heavy atom. The zero-order valence-corrected chi connectivity index (χ0v) is 24.4. The van der Waals surface area contributed by atoms with Crippen LogP contribution in [0, 0.1) is 0 Å². The van der Waals surface area contributed by atoms with Crippen molar-refractivity contribution in [1.82, 2.24) is 10.2 Å². The molecule has 0 bridgehead atoms. The molecule has 8 heteroatoms. The van der Waals surface area contributed by atoms with E-state index in [0.29, 0.717) is 27.8 Å². The van der Waals surface area contributed by atoms with Gasteiger partial charge in [0.05, 0.1) is 4.47 Å². The van der Waals surface area contributed by atoms with Gasteiger partial charge in [-0.2, -0.15) is 0 Å². The maximum Gasteiger partial charge on any atom is 0.261 e. The van der Waals surface area contributed by atoms with Crippen LogP contribution in [0.25, 0.3) is 0 Å². The van der Waals surface area contributed by atoms with Crippen molar-refractivity contribution in [3.63, 3.8) is 0 Å². The smallest absolute Gasteiger partial charge is 0.261 e. The SMILES string of the molecule is CCC(C)NC(=O)C(CC)N(Cc1ccc(Cl)cc1Cl)C(=O)COc1ccc(C(C)(C)C)cc1Br. The van der Waals surface area contributed by atoms with Crippen LogP contribution in [0.5, 0.6) is 5.75 Å². The summed E-state index contributed by atoms with van der Waals surface area (Å²) in [7, 11) is 0. The van der Waals surface area contributed by atoms with Crippen LogP contribution in [0.2, 0.25) is 10.0 Å². The fraction of sp³-hybridized carbons (Fsp3) is 0.481. The summed E-state index contributed by atoms with van der Waals surface area (Å²) >= 11 is 16.0. The number of halogens is 3. The second-order valence-electron chi connectivity index (χ2n) is 9.68. The van der Waals surface area contributed by atoms with E-state index in [-0.39, 0.29) is 36.4 Å². The zero-order chi connectivity index (χ0) is 26.3. The minimum absolute atomic E-state index is 0.00107. The molecular weight excluding hydrogens is 551 g/mol. The zero-order valence-electron chi connectivity index (χ0n) is 21.3. The topological polar surface area (TPSA) is 58.6 Å². The molecule has 0 radical (unpaired) electrons. The summed E-state index contributed by atoms with van der Waals surface area (Å²) in [5, 5.41) is 3.94. The van der Waals surface area contributed by atoms with E-state index in [0.717, 1.165) is 16.5 Å². The minimum Gasteiger partial charge on any atom is -0.483 e. The summed E-state index contributed by atoms with van der Waals surface area (Å²) in [6.45, 7) is 12.2. The molecule has 2 amide bonds. The van der Waals surface area contributed by atoms with Crippen molar-refractivity contribution in [3.8, 4) is 5.75 Å². The number of hydrogen-bond acceptors (Lipinski definition) is 3. The van der Waals surface area contributed by atoms with E-state index in [1.54, 1.807) is 18.2 Å². The molecule has 5 nitrogen and oxygen atoms in total. The lowest BCUT2D eigenvalue weighted by molar-refractivity contribution is -0.143. The predicted molar refractivity (Wildman–Crippen MR) is 147 cm³/mol. The largest absolute Gasteiger partial charge is 0.483 e. The van der Waals surface area contributed by atoms with Crippen molar-refractivity contribution >= 4 is 50.9 Å². The molecule has 0 fully saturated rings. The second-order valence-corrected chi connectivity index (χ2v) is 11.4. The van der Waals surface area contributed by atoms with Crippen LogP contribution >= 0.6 is 39.1 Å². The van der Waals surface area contributed by atoms with Gasteiger partial charge in [-0.1, -0.05) is 70.0 Å². The quantitative estimate of drug-likeness (QED) is 0.322. The van der Waals surface area contributed by atoms with Crippen LogP contribution in [0.4, 0.5) is 0 Å². The summed E-state index contributed by atoms with van der Waals surface area (Å²) in [5.41, 5.74) is 1.84. The van der Waals surface area contributed by atoms with Gasteiger partial charge in [0.1, 0.15) is 11.8 Å². The molecule has 0 aliphatic heterocycles. The van der Waals surface area contributed by atoms with Crippen molar-refractivity contribution in [2.45, 2.75) is 78.4 Å². The first-order valence-corrected chi connectivity index (χ1v) is 13.4. The van der Waals surface area contributed by atoms with E-state index < -0.39 is 6.04 Å². The maximum absolute atomic E-state index is 13.4. The lowest BCUT2D eigenvalue weighted by atomic mass is 9.87. The van der Waals surface area contributed by atoms with Gasteiger partial charge in [0.2, 0.25) is 5.91 Å². The molecule has 2 aromatic rings. The fourth-order valence-corrected chi connectivity index (χ4v) is 4.46. The standard InChI is InChI=1S/C27H35BrCl2N2O3/c1-7-17(3)31-26(34)23(8-2)32(15-18-9-11-20(29)14-22(18)30)25(33)16-35-24-12-10-19(13-21(24)28)27(4,5)6/h9-14,17,23H,7-8,15-16H2,1-6H3,(H,31,34). The molecule has 0 spiro atoms. The number of carbonyl (C=O) groups is 2. The maximum atomic E-state index is 13.4. The van der Waals surface area contributed by atoms with Crippen LogP contribution in [0.3, 0.4) is 0 Å². The van der Waals surface area contributed by atoms with Crippen molar-refractivity contribution in [2.75, 3.05) is 6.61 Å². The normalized spacial score (nSPS) is 13.2. The summed E-state index contributed by atoms with van der Waals surface area (Å²) < 4.78 is 6.66. The van der Waals surface area contributed by atoms with E-state index in [9.17, 15) is 9.59 Å². The van der Waals surface area contributed by atoms with Gasteiger partial charge < -0.3 is 15.0 Å². The molecule has 2 aromatic carbocycles. The van der Waals surface area contributed by atoms with Crippen LogP contribution in [0.15, 0.2) is 40.9 Å². The van der Waals surface area contributed by atoms with E-state index in [1.165, 1.54) is 4.90 Å². The average Bonchev–Trinajstić information content (AvgIpc) is 2.78. The van der Waals surface area contributed by atoms with Crippen LogP contribution in [-0.4, -0.2) is 35.4 Å². The molecule has 0 aromatic heterocycles. The molecule has 2 atom stereocenters. The third kappa shape index (κ3) is 8.40. The third-order valence-electron chi connectivity index (χ3n) is 5.89. The van der Waals surface area contributed by atoms with Gasteiger partial charge in [-0.3, -0.25) is 9.59 Å². The van der Waals surface area contributed by atoms with Crippen LogP contribution < -0.4 is 10.1 Å². The summed E-state index contributed by atoms with van der Waals surface area (Å²) in [6, 6.07) is 10.3. The number of nitrogens with one attached hydrogen (secondary N) is 1. The number of rotatable bonds is 10. The van der Waals surface area contributed by atoms with Crippen molar-refractivity contribution in [3.05, 3.63) is 62.0 Å². The Morgan fingerprint density at radius 2 is 1.77 bits per heavy atom. The molecule has 0 heterocycles. The first-order chi connectivity index (χ1) is 16.4. The molecule has 192 valence electrons. The number of nitrogens with zero attached hydrogens (tertiary/aromatic N) is 1. The van der Waals surface area contributed by atoms with Gasteiger partial charge >= 0.3 is 0 Å². The number of hydrogen-bond donors (Lipinski definition) is 1. The van der Waals surface area contributed by atoms with Crippen molar-refractivity contribution in [1.29, 1.82) is 0 Å². The number of amides is 2. The number of benzene rings is 2. The molecule has 2 rings (SSSR count). The molecule has 2 unspecified atom stereocenters. The molecule has 0 saturated heterocycles. The molecule has 35 heavy (non-hydrogen) atoms. The minimum atomic E-state index is -0.668. The van der Waals surface area contributed by atoms with Gasteiger partial charge in [0.15, 0.2) is 6.61 Å². The molecule has 1 N–H and O–H groups in total. The van der Waals surface area contributed by atoms with E-state index in [2.05, 4.69) is 42.0 Å². The Morgan fingerprint density at radius 3 is 2.31 bits per heavy atom. The Bertz CT molecular complexity index is 1040. The predicted octanol–water partition coefficient (Wildman–Crippen LogP) is 7.15. The summed E-state index contributed by atoms with van der Waals surface area (Å²) in [4.78, 5) is 28.0. The first kappa shape index (κ1) is 29.5. The van der Waals surface area contributed by atoms with E-state index >= 15 is 0 Å². The van der Waals surface area contributed by atoms with Crippen LogP contribution in [0.1, 0.15) is 65.5 Å². The Kier molecular flexibility index (Phi) is 10.9. The molecular formula is C27H35BrCl2N2O3. The highest BCUT2D eigenvalue weighted by atomic mass is 79.9. The Labute approximate surface area is 227 Å². The van der Waals surface area contributed by atoms with Gasteiger partial charge in [0.25, 0.3) is 5.91 Å². The van der Waals surface area contributed by atoms with Gasteiger partial charge in [-0.15, -0.1) is 0 Å². The monoisotopic (exact) mass is 584 g/mol. The molecule has 0 aliphatic rings. The van der Waals surface area contributed by atoms with E-state index in [4.69, 9.17) is 27.9 Å². The molecule has 0 saturated carbocycles. The Balaban J connectivity index is 2.29. The lowest BCUT2D eigenvalue weighted by Gasteiger charge is -2.31. The van der Waals surface area contributed by atoms with E-state index in [1.807, 2.05) is 39.0 Å². The summed E-state index contributed by atoms with van der Waals surface area (Å²) in [5.74, 6) is 0.0536. The highest BCUT2D eigenvalue weighted by molar-refractivity contribution is 9.10. The van der Waals surface area contributed by atoms with Crippen LogP contribution in [-0.2, 0) is 21.5 Å². The number of ether oxygens (including phenoxy) is 1. The average molecular weight is 586 g/mol. The highest BCUT2D eigenvalue weighted by Gasteiger charge is 2.30. The van der Waals surface area contributed by atoms with Crippen molar-refractivity contribution < 1.29 is 14.3 Å². The van der Waals surface area contributed by atoms with Crippen molar-refractivity contribution in [2.24, 2.45) is 0 Å². The first-order valence-electron chi connectivity index (χ1n) is 11.8. The fourth-order valence-electron chi connectivity index (χ4n) is 3.50. The van der Waals surface area contributed by atoms with Gasteiger partial charge in [-0.05, 0) is 76.5 Å². The third-order valence-corrected chi connectivity index (χ3v) is 7.10. The highest BCUT2D eigenvalue weighted by Crippen LogP contribution is 2.31. The Hall–Kier alpha value is -1.76. The molecule has 0 aliphatic carbocycles. The lowest BCUT2D eigenvalue weighted by Crippen LogP contribution is -2.51. The summed E-state index contributed by atoms with van der Waals surface area (Å²) in [6.07, 6.45) is 1.24. The van der Waals surface area contributed by atoms with Gasteiger partial charge in [0, 0.05) is 22.6 Å². The van der Waals surface area contributed by atoms with Gasteiger partial charge in [-0.25, -0.2) is 0 Å². The second kappa shape index (κ2) is 13.0. The number of carbonyl (C=O) groups excluding carboxylic acids is 2.